The second-order valence-corrected chi connectivity index (χ2v) is 10.1. The number of tetrazole rings is 1. The SMILES string of the molecule is CCOC(=O)Cc1nnn(CC[C@H]2C[C@H](c3cccc(OC)c3OC)c3cc(Cl)ccc3-n3c(Cl)ccc32)n1. The van der Waals surface area contributed by atoms with Gasteiger partial charge >= 0.3 is 5.97 Å². The molecule has 0 spiro atoms. The molecule has 39 heavy (non-hydrogen) atoms. The zero-order chi connectivity index (χ0) is 27.5. The molecular formula is C28H29Cl2N5O4. The number of nitrogens with zero attached hydrogens (tertiary/aromatic N) is 5. The lowest BCUT2D eigenvalue weighted by Crippen LogP contribution is -2.13. The average molecular weight is 570 g/mol. The lowest BCUT2D eigenvalue weighted by molar-refractivity contribution is -0.142. The molecule has 2 atom stereocenters. The van der Waals surface area contributed by atoms with E-state index in [0.29, 0.717) is 47.1 Å². The quantitative estimate of drug-likeness (QED) is 0.242. The van der Waals surface area contributed by atoms with Crippen LogP contribution in [0.15, 0.2) is 48.5 Å². The summed E-state index contributed by atoms with van der Waals surface area (Å²) in [5.41, 5.74) is 4.10. The molecule has 0 N–H and O–H groups in total. The number of rotatable bonds is 9. The van der Waals surface area contributed by atoms with Gasteiger partial charge in [0.1, 0.15) is 11.6 Å². The van der Waals surface area contributed by atoms with Gasteiger partial charge in [-0.2, -0.15) is 4.80 Å². The van der Waals surface area contributed by atoms with Crippen molar-refractivity contribution in [2.75, 3.05) is 20.8 Å². The minimum Gasteiger partial charge on any atom is -0.493 e. The molecule has 4 aromatic rings. The smallest absolute Gasteiger partial charge is 0.313 e. The van der Waals surface area contributed by atoms with E-state index in [1.807, 2.05) is 36.4 Å². The van der Waals surface area contributed by atoms with E-state index in [1.54, 1.807) is 21.1 Å². The summed E-state index contributed by atoms with van der Waals surface area (Å²) in [6.07, 6.45) is 1.45. The summed E-state index contributed by atoms with van der Waals surface area (Å²) in [4.78, 5) is 13.3. The zero-order valence-electron chi connectivity index (χ0n) is 21.9. The van der Waals surface area contributed by atoms with Crippen molar-refractivity contribution in [3.63, 3.8) is 0 Å². The van der Waals surface area contributed by atoms with Crippen LogP contribution < -0.4 is 9.47 Å². The number of hydrogen-bond donors (Lipinski definition) is 0. The van der Waals surface area contributed by atoms with Gasteiger partial charge in [0.25, 0.3) is 0 Å². The van der Waals surface area contributed by atoms with Gasteiger partial charge in [0.15, 0.2) is 17.3 Å². The molecule has 0 amide bonds. The molecule has 0 saturated carbocycles. The van der Waals surface area contributed by atoms with Crippen molar-refractivity contribution in [3.8, 4) is 17.2 Å². The Morgan fingerprint density at radius 3 is 2.69 bits per heavy atom. The van der Waals surface area contributed by atoms with Crippen molar-refractivity contribution in [2.45, 2.75) is 44.6 Å². The van der Waals surface area contributed by atoms with E-state index in [4.69, 9.17) is 37.4 Å². The van der Waals surface area contributed by atoms with Crippen LogP contribution in [-0.4, -0.2) is 51.6 Å². The number of carbonyl (C=O) groups excluding carboxylic acids is 1. The lowest BCUT2D eigenvalue weighted by Gasteiger charge is -2.24. The van der Waals surface area contributed by atoms with Crippen LogP contribution in [0.3, 0.4) is 0 Å². The van der Waals surface area contributed by atoms with Crippen LogP contribution >= 0.6 is 23.2 Å². The Morgan fingerprint density at radius 2 is 1.92 bits per heavy atom. The topological polar surface area (TPSA) is 93.3 Å². The standard InChI is InChI=1S/C28H29Cl2N5O4/c1-4-39-27(36)16-26-31-33-34(32-26)13-12-17-14-20(19-6-5-7-24(37-2)28(19)38-3)21-15-18(29)8-9-23(21)35-22(17)10-11-25(35)30/h5-11,15,17,20H,4,12-14,16H2,1-3H3/t17-,20+/m0/s1. The summed E-state index contributed by atoms with van der Waals surface area (Å²) in [6.45, 7) is 2.57. The Bertz CT molecular complexity index is 1480. The summed E-state index contributed by atoms with van der Waals surface area (Å²) in [5, 5.41) is 13.8. The van der Waals surface area contributed by atoms with E-state index in [2.05, 4.69) is 32.1 Å². The number of benzene rings is 2. The van der Waals surface area contributed by atoms with Crippen LogP contribution in [0.4, 0.5) is 0 Å². The van der Waals surface area contributed by atoms with E-state index >= 15 is 0 Å². The minimum atomic E-state index is -0.375. The zero-order valence-corrected chi connectivity index (χ0v) is 23.4. The number of esters is 1. The van der Waals surface area contributed by atoms with Crippen LogP contribution in [0.5, 0.6) is 11.5 Å². The third kappa shape index (κ3) is 5.46. The molecule has 1 aliphatic rings. The molecule has 11 heteroatoms. The van der Waals surface area contributed by atoms with Crippen LogP contribution in [0.1, 0.15) is 54.2 Å². The van der Waals surface area contributed by atoms with E-state index in [0.717, 1.165) is 28.9 Å². The first-order valence-electron chi connectivity index (χ1n) is 12.7. The highest BCUT2D eigenvalue weighted by molar-refractivity contribution is 6.31. The first-order chi connectivity index (χ1) is 18.9. The molecule has 0 bridgehead atoms. The second kappa shape index (κ2) is 11.7. The average Bonchev–Trinajstić information content (AvgIpc) is 3.51. The number of ether oxygens (including phenoxy) is 3. The fraction of sp³-hybridized carbons (Fsp3) is 0.357. The molecule has 5 rings (SSSR count). The van der Waals surface area contributed by atoms with Gasteiger partial charge in [-0.1, -0.05) is 35.3 Å². The number of carbonyl (C=O) groups is 1. The number of aromatic nitrogens is 5. The van der Waals surface area contributed by atoms with Gasteiger partial charge in [-0.15, -0.1) is 10.2 Å². The molecule has 1 aliphatic heterocycles. The maximum atomic E-state index is 11.8. The van der Waals surface area contributed by atoms with E-state index in [9.17, 15) is 4.79 Å². The predicted octanol–water partition coefficient (Wildman–Crippen LogP) is 5.60. The summed E-state index contributed by atoms with van der Waals surface area (Å²) < 4.78 is 18.5. The van der Waals surface area contributed by atoms with Crippen molar-refractivity contribution in [1.82, 2.24) is 24.8 Å². The highest BCUT2D eigenvalue weighted by Gasteiger charge is 2.33. The van der Waals surface area contributed by atoms with Gasteiger partial charge in [-0.05, 0) is 66.9 Å². The van der Waals surface area contributed by atoms with Crippen molar-refractivity contribution in [1.29, 1.82) is 0 Å². The van der Waals surface area contributed by atoms with E-state index < -0.39 is 0 Å². The molecule has 0 aliphatic carbocycles. The maximum Gasteiger partial charge on any atom is 0.313 e. The maximum absolute atomic E-state index is 11.8. The highest BCUT2D eigenvalue weighted by atomic mass is 35.5. The Hall–Kier alpha value is -3.56. The van der Waals surface area contributed by atoms with Crippen LogP contribution in [0.25, 0.3) is 5.69 Å². The Balaban J connectivity index is 1.52. The molecule has 2 aromatic carbocycles. The van der Waals surface area contributed by atoms with Gasteiger partial charge in [0.05, 0.1) is 33.1 Å². The molecule has 9 nitrogen and oxygen atoms in total. The molecule has 0 fully saturated rings. The Morgan fingerprint density at radius 1 is 1.08 bits per heavy atom. The van der Waals surface area contributed by atoms with Gasteiger partial charge in [0, 0.05) is 28.1 Å². The highest BCUT2D eigenvalue weighted by Crippen LogP contribution is 2.49. The normalized spacial score (nSPS) is 16.2. The number of fused-ring (bicyclic) bond motifs is 3. The number of aryl methyl sites for hydroxylation is 1. The molecule has 0 saturated heterocycles. The first kappa shape index (κ1) is 27.0. The Kier molecular flexibility index (Phi) is 8.09. The van der Waals surface area contributed by atoms with Crippen LogP contribution in [-0.2, 0) is 22.5 Å². The lowest BCUT2D eigenvalue weighted by atomic mass is 9.81. The van der Waals surface area contributed by atoms with Crippen LogP contribution in [0, 0.1) is 0 Å². The second-order valence-electron chi connectivity index (χ2n) is 9.26. The Labute approximate surface area is 236 Å². The van der Waals surface area contributed by atoms with E-state index in [1.165, 1.54) is 4.80 Å². The summed E-state index contributed by atoms with van der Waals surface area (Å²) in [7, 11) is 3.29. The van der Waals surface area contributed by atoms with Crippen molar-refractivity contribution >= 4 is 29.2 Å². The molecule has 204 valence electrons. The summed E-state index contributed by atoms with van der Waals surface area (Å²) >= 11 is 13.3. The van der Waals surface area contributed by atoms with Crippen LogP contribution in [0.2, 0.25) is 10.2 Å². The van der Waals surface area contributed by atoms with Gasteiger partial charge in [0.2, 0.25) is 0 Å². The first-order valence-corrected chi connectivity index (χ1v) is 13.5. The number of hydrogen-bond acceptors (Lipinski definition) is 7. The molecule has 0 unspecified atom stereocenters. The fourth-order valence-corrected chi connectivity index (χ4v) is 5.77. The van der Waals surface area contributed by atoms with Crippen molar-refractivity contribution in [3.05, 3.63) is 81.4 Å². The number of halogens is 2. The third-order valence-corrected chi connectivity index (χ3v) is 7.53. The fourth-order valence-electron chi connectivity index (χ4n) is 5.34. The van der Waals surface area contributed by atoms with Crippen molar-refractivity contribution in [2.24, 2.45) is 0 Å². The summed E-state index contributed by atoms with van der Waals surface area (Å²) in [6, 6.07) is 15.8. The molecule has 3 heterocycles. The van der Waals surface area contributed by atoms with Gasteiger partial charge in [-0.3, -0.25) is 4.79 Å². The van der Waals surface area contributed by atoms with E-state index in [-0.39, 0.29) is 24.2 Å². The third-order valence-electron chi connectivity index (χ3n) is 7.00. The minimum absolute atomic E-state index is 0.0104. The number of para-hydroxylation sites is 1. The largest absolute Gasteiger partial charge is 0.493 e. The number of methoxy groups -OCH3 is 2. The molecule has 0 radical (unpaired) electrons. The monoisotopic (exact) mass is 569 g/mol. The predicted molar refractivity (Wildman–Crippen MR) is 147 cm³/mol. The van der Waals surface area contributed by atoms with Gasteiger partial charge < -0.3 is 18.8 Å². The molecular weight excluding hydrogens is 541 g/mol. The van der Waals surface area contributed by atoms with Gasteiger partial charge in [-0.25, -0.2) is 0 Å². The molecule has 2 aromatic heterocycles. The van der Waals surface area contributed by atoms with Crippen molar-refractivity contribution < 1.29 is 19.0 Å². The summed E-state index contributed by atoms with van der Waals surface area (Å²) in [5.74, 6) is 1.32.